The Hall–Kier alpha value is -3.39. The Morgan fingerprint density at radius 3 is 2.79 bits per heavy atom. The predicted octanol–water partition coefficient (Wildman–Crippen LogP) is 3.55. The Morgan fingerprint density at radius 1 is 1.03 bits per heavy atom. The van der Waals surface area contributed by atoms with Crippen molar-refractivity contribution in [2.24, 2.45) is 0 Å². The van der Waals surface area contributed by atoms with Gasteiger partial charge in [-0.2, -0.15) is 0 Å². The number of nitrogens with zero attached hydrogens (tertiary/aromatic N) is 3. The number of nitrogens with one attached hydrogen (secondary N) is 2. The molecule has 0 fully saturated rings. The van der Waals surface area contributed by atoms with E-state index < -0.39 is 0 Å². The Labute approximate surface area is 172 Å². The lowest BCUT2D eigenvalue weighted by atomic mass is 10.2. The van der Waals surface area contributed by atoms with Gasteiger partial charge >= 0.3 is 6.03 Å². The average molecular weight is 405 g/mol. The molecule has 8 heteroatoms. The van der Waals surface area contributed by atoms with Gasteiger partial charge in [0, 0.05) is 35.9 Å². The molecule has 7 nitrogen and oxygen atoms in total. The summed E-state index contributed by atoms with van der Waals surface area (Å²) in [6, 6.07) is 15.9. The topological polar surface area (TPSA) is 87.2 Å². The molecule has 3 heterocycles. The lowest BCUT2D eigenvalue weighted by Crippen LogP contribution is -2.38. The summed E-state index contributed by atoms with van der Waals surface area (Å²) in [6.45, 7) is 0.935. The van der Waals surface area contributed by atoms with Gasteiger partial charge in [0.2, 0.25) is 0 Å². The van der Waals surface area contributed by atoms with E-state index in [-0.39, 0.29) is 11.9 Å². The summed E-state index contributed by atoms with van der Waals surface area (Å²) < 4.78 is 0. The van der Waals surface area contributed by atoms with Gasteiger partial charge in [-0.3, -0.25) is 14.7 Å². The fourth-order valence-corrected chi connectivity index (χ4v) is 3.90. The van der Waals surface area contributed by atoms with Crippen LogP contribution < -0.4 is 15.5 Å². The quantitative estimate of drug-likeness (QED) is 0.693. The van der Waals surface area contributed by atoms with E-state index in [4.69, 9.17) is 0 Å². The molecule has 1 aliphatic rings. The van der Waals surface area contributed by atoms with E-state index in [0.29, 0.717) is 24.3 Å². The Morgan fingerprint density at radius 2 is 1.93 bits per heavy atom. The first kappa shape index (κ1) is 18.9. The van der Waals surface area contributed by atoms with Crippen molar-refractivity contribution in [3.05, 3.63) is 78.2 Å². The van der Waals surface area contributed by atoms with Gasteiger partial charge in [-0.1, -0.05) is 12.1 Å². The van der Waals surface area contributed by atoms with Crippen LogP contribution in [0, 0.1) is 0 Å². The lowest BCUT2D eigenvalue weighted by Gasteiger charge is -2.28. The average Bonchev–Trinajstić information content (AvgIpc) is 2.78. The summed E-state index contributed by atoms with van der Waals surface area (Å²) in [5, 5.41) is 6.56. The maximum Gasteiger partial charge on any atom is 0.326 e. The van der Waals surface area contributed by atoms with Crippen molar-refractivity contribution >= 4 is 35.1 Å². The molecule has 29 heavy (non-hydrogen) atoms. The first-order valence-electron chi connectivity index (χ1n) is 9.15. The van der Waals surface area contributed by atoms with Crippen LogP contribution in [0.1, 0.15) is 16.1 Å². The smallest absolute Gasteiger partial charge is 0.326 e. The van der Waals surface area contributed by atoms with Crippen LogP contribution in [-0.2, 0) is 6.54 Å². The van der Waals surface area contributed by atoms with Crippen LogP contribution in [0.2, 0.25) is 0 Å². The molecule has 1 aromatic carbocycles. The molecule has 0 aliphatic carbocycles. The molecular weight excluding hydrogens is 386 g/mol. The molecule has 3 amide bonds. The van der Waals surface area contributed by atoms with E-state index in [1.807, 2.05) is 30.3 Å². The number of urea groups is 1. The van der Waals surface area contributed by atoms with Gasteiger partial charge < -0.3 is 10.6 Å². The number of hydrogen-bond acceptors (Lipinski definition) is 5. The number of fused-ring (bicyclic) bond motifs is 1. The molecule has 0 radical (unpaired) electrons. The van der Waals surface area contributed by atoms with Crippen molar-refractivity contribution in [1.82, 2.24) is 15.3 Å². The molecule has 0 saturated carbocycles. The second-order valence-corrected chi connectivity index (χ2v) is 7.43. The minimum atomic E-state index is -0.245. The fraction of sp³-hybridized carbons (Fsp3) is 0.143. The Bertz CT molecular complexity index is 1030. The van der Waals surface area contributed by atoms with Gasteiger partial charge in [0.25, 0.3) is 5.91 Å². The van der Waals surface area contributed by atoms with Crippen LogP contribution in [-0.4, -0.2) is 34.2 Å². The third-order valence-corrected chi connectivity index (χ3v) is 5.35. The second kappa shape index (κ2) is 8.74. The van der Waals surface area contributed by atoms with Crippen LogP contribution in [0.25, 0.3) is 0 Å². The van der Waals surface area contributed by atoms with Gasteiger partial charge in [-0.15, -0.1) is 11.8 Å². The van der Waals surface area contributed by atoms with E-state index in [0.717, 1.165) is 22.2 Å². The highest BCUT2D eigenvalue weighted by Crippen LogP contribution is 2.32. The summed E-state index contributed by atoms with van der Waals surface area (Å²) >= 11 is 1.64. The molecule has 1 aliphatic heterocycles. The highest BCUT2D eigenvalue weighted by atomic mass is 32.2. The zero-order chi connectivity index (χ0) is 20.1. The molecular formula is C21H19N5O2S. The maximum absolute atomic E-state index is 12.8. The van der Waals surface area contributed by atoms with Gasteiger partial charge in [0.1, 0.15) is 5.03 Å². The van der Waals surface area contributed by atoms with E-state index >= 15 is 0 Å². The number of hydrogen-bond donors (Lipinski definition) is 2. The van der Waals surface area contributed by atoms with Gasteiger partial charge in [-0.05, 0) is 42.5 Å². The van der Waals surface area contributed by atoms with Crippen molar-refractivity contribution in [2.45, 2.75) is 11.6 Å². The SMILES string of the molecule is O=C(NCc1ccccn1)c1cccc(NC(=O)N2CCSc3ncccc32)c1. The van der Waals surface area contributed by atoms with E-state index in [9.17, 15) is 9.59 Å². The summed E-state index contributed by atoms with van der Waals surface area (Å²) in [7, 11) is 0. The summed E-state index contributed by atoms with van der Waals surface area (Å²) in [4.78, 5) is 35.4. The van der Waals surface area contributed by atoms with Gasteiger partial charge in [0.15, 0.2) is 0 Å². The van der Waals surface area contributed by atoms with Crippen LogP contribution in [0.15, 0.2) is 72.0 Å². The summed E-state index contributed by atoms with van der Waals surface area (Å²) in [6.07, 6.45) is 3.41. The van der Waals surface area contributed by atoms with Crippen LogP contribution in [0.3, 0.4) is 0 Å². The monoisotopic (exact) mass is 405 g/mol. The minimum Gasteiger partial charge on any atom is -0.346 e. The van der Waals surface area contributed by atoms with Crippen LogP contribution in [0.5, 0.6) is 0 Å². The molecule has 2 aromatic heterocycles. The summed E-state index contributed by atoms with van der Waals surface area (Å²) in [5.74, 6) is 0.559. The van der Waals surface area contributed by atoms with E-state index in [2.05, 4.69) is 20.6 Å². The first-order valence-corrected chi connectivity index (χ1v) is 10.1. The number of amides is 3. The zero-order valence-corrected chi connectivity index (χ0v) is 16.4. The third kappa shape index (κ3) is 4.55. The summed E-state index contributed by atoms with van der Waals surface area (Å²) in [5.41, 5.74) is 2.60. The molecule has 3 aromatic rings. The van der Waals surface area contributed by atoms with E-state index in [1.165, 1.54) is 0 Å². The molecule has 0 spiro atoms. The van der Waals surface area contributed by atoms with Crippen molar-refractivity contribution in [3.8, 4) is 0 Å². The van der Waals surface area contributed by atoms with Crippen molar-refractivity contribution < 1.29 is 9.59 Å². The fourth-order valence-electron chi connectivity index (χ4n) is 2.97. The molecule has 0 atom stereocenters. The number of carbonyl (C=O) groups excluding carboxylic acids is 2. The number of thioether (sulfide) groups is 1. The molecule has 2 N–H and O–H groups in total. The predicted molar refractivity (Wildman–Crippen MR) is 113 cm³/mol. The van der Waals surface area contributed by atoms with Crippen LogP contribution >= 0.6 is 11.8 Å². The number of anilines is 2. The van der Waals surface area contributed by atoms with Crippen molar-refractivity contribution in [3.63, 3.8) is 0 Å². The third-order valence-electron chi connectivity index (χ3n) is 4.37. The number of benzene rings is 1. The maximum atomic E-state index is 12.8. The molecule has 0 bridgehead atoms. The number of aromatic nitrogens is 2. The molecule has 0 unspecified atom stereocenters. The van der Waals surface area contributed by atoms with Gasteiger partial charge in [-0.25, -0.2) is 9.78 Å². The highest BCUT2D eigenvalue weighted by molar-refractivity contribution is 7.99. The van der Waals surface area contributed by atoms with Gasteiger partial charge in [0.05, 0.1) is 17.9 Å². The minimum absolute atomic E-state index is 0.226. The number of pyridine rings is 2. The highest BCUT2D eigenvalue weighted by Gasteiger charge is 2.23. The van der Waals surface area contributed by atoms with Crippen molar-refractivity contribution in [2.75, 3.05) is 22.5 Å². The van der Waals surface area contributed by atoms with E-state index in [1.54, 1.807) is 53.3 Å². The molecule has 0 saturated heterocycles. The lowest BCUT2D eigenvalue weighted by molar-refractivity contribution is 0.0950. The Kier molecular flexibility index (Phi) is 5.71. The standard InChI is InChI=1S/C21H19N5O2S/c27-19(24-14-17-6-1-2-9-22-17)15-5-3-7-16(13-15)25-21(28)26-11-12-29-20-18(26)8-4-10-23-20/h1-10,13H,11-12,14H2,(H,24,27)(H,25,28). The van der Waals surface area contributed by atoms with Crippen molar-refractivity contribution in [1.29, 1.82) is 0 Å². The second-order valence-electron chi connectivity index (χ2n) is 6.34. The molecule has 146 valence electrons. The number of rotatable bonds is 4. The number of carbonyl (C=O) groups is 2. The normalized spacial score (nSPS) is 12.8. The largest absolute Gasteiger partial charge is 0.346 e. The van der Waals surface area contributed by atoms with Crippen LogP contribution in [0.4, 0.5) is 16.2 Å². The first-order chi connectivity index (χ1) is 14.2. The zero-order valence-electron chi connectivity index (χ0n) is 15.5. The Balaban J connectivity index is 1.42. The molecule has 4 rings (SSSR count).